The fourth-order valence-corrected chi connectivity index (χ4v) is 3.12. The van der Waals surface area contributed by atoms with Crippen LogP contribution in [0.15, 0.2) is 59.5 Å². The summed E-state index contributed by atoms with van der Waals surface area (Å²) in [6.07, 6.45) is 1.66. The number of phenolic OH excluding ortho intramolecular Hbond substituents is 1. The third-order valence-electron chi connectivity index (χ3n) is 4.52. The van der Waals surface area contributed by atoms with E-state index in [1.807, 2.05) is 13.0 Å². The topological polar surface area (TPSA) is 88.0 Å². The van der Waals surface area contributed by atoms with Gasteiger partial charge in [-0.2, -0.15) is 0 Å². The summed E-state index contributed by atoms with van der Waals surface area (Å²) in [5, 5.41) is 10.5. The molecular weight excluding hydrogens is 342 g/mol. The van der Waals surface area contributed by atoms with Gasteiger partial charge in [0.2, 0.25) is 0 Å². The Morgan fingerprint density at radius 3 is 2.74 bits per heavy atom. The Labute approximate surface area is 154 Å². The average molecular weight is 359 g/mol. The Bertz CT molecular complexity index is 1250. The lowest BCUT2D eigenvalue weighted by atomic mass is 10.0. The number of hydrogen-bond donors (Lipinski definition) is 2. The number of carbonyl (C=O) groups is 1. The number of para-hydroxylation sites is 1. The van der Waals surface area contributed by atoms with Crippen LogP contribution in [0.25, 0.3) is 22.4 Å². The van der Waals surface area contributed by atoms with Crippen molar-refractivity contribution in [1.82, 2.24) is 14.5 Å². The van der Waals surface area contributed by atoms with Gasteiger partial charge in [0.05, 0.1) is 22.2 Å². The number of hydrogen-bond acceptors (Lipinski definition) is 4. The SMILES string of the molecule is Cc1ccc(O)c(C(=O)c2cc(-c3nc4ccccc4c(=O)[nH]3)n(C)c2)c1. The highest BCUT2D eigenvalue weighted by Crippen LogP contribution is 2.25. The number of nitrogens with zero attached hydrogens (tertiary/aromatic N) is 2. The highest BCUT2D eigenvalue weighted by Gasteiger charge is 2.18. The predicted molar refractivity (Wildman–Crippen MR) is 103 cm³/mol. The van der Waals surface area contributed by atoms with Gasteiger partial charge in [-0.3, -0.25) is 9.59 Å². The van der Waals surface area contributed by atoms with E-state index in [9.17, 15) is 14.7 Å². The van der Waals surface area contributed by atoms with Crippen LogP contribution in [-0.2, 0) is 7.05 Å². The van der Waals surface area contributed by atoms with Crippen LogP contribution in [0.2, 0.25) is 0 Å². The lowest BCUT2D eigenvalue weighted by Crippen LogP contribution is -2.10. The zero-order valence-corrected chi connectivity index (χ0v) is 14.9. The van der Waals surface area contributed by atoms with Crippen LogP contribution in [0, 0.1) is 6.92 Å². The molecule has 0 saturated heterocycles. The van der Waals surface area contributed by atoms with Crippen LogP contribution in [0.3, 0.4) is 0 Å². The number of carbonyl (C=O) groups excluding carboxylic acids is 1. The fraction of sp³-hybridized carbons (Fsp3) is 0.0952. The second kappa shape index (κ2) is 6.25. The van der Waals surface area contributed by atoms with Crippen molar-refractivity contribution in [2.45, 2.75) is 6.92 Å². The first-order valence-corrected chi connectivity index (χ1v) is 8.44. The molecule has 0 aliphatic heterocycles. The molecule has 0 aliphatic carbocycles. The predicted octanol–water partition coefficient (Wildman–Crippen LogP) is 3.17. The number of aryl methyl sites for hydroxylation is 2. The number of rotatable bonds is 3. The van der Waals surface area contributed by atoms with E-state index in [1.54, 1.807) is 54.2 Å². The summed E-state index contributed by atoms with van der Waals surface area (Å²) < 4.78 is 1.73. The number of ketones is 1. The zero-order valence-electron chi connectivity index (χ0n) is 14.9. The normalized spacial score (nSPS) is 11.0. The lowest BCUT2D eigenvalue weighted by Gasteiger charge is -2.04. The third-order valence-corrected chi connectivity index (χ3v) is 4.52. The minimum atomic E-state index is -0.291. The molecule has 0 bridgehead atoms. The van der Waals surface area contributed by atoms with Crippen molar-refractivity contribution in [2.24, 2.45) is 7.05 Å². The van der Waals surface area contributed by atoms with E-state index in [0.29, 0.717) is 28.0 Å². The molecule has 6 nitrogen and oxygen atoms in total. The molecule has 4 aromatic rings. The van der Waals surface area contributed by atoms with Gasteiger partial charge in [-0.15, -0.1) is 0 Å². The maximum absolute atomic E-state index is 12.8. The molecule has 0 amide bonds. The quantitative estimate of drug-likeness (QED) is 0.550. The van der Waals surface area contributed by atoms with Crippen molar-refractivity contribution in [3.8, 4) is 17.3 Å². The second-order valence-electron chi connectivity index (χ2n) is 6.51. The van der Waals surface area contributed by atoms with E-state index in [0.717, 1.165) is 5.56 Å². The first-order valence-electron chi connectivity index (χ1n) is 8.44. The molecular formula is C21H17N3O3. The van der Waals surface area contributed by atoms with Gasteiger partial charge in [-0.05, 0) is 37.3 Å². The maximum atomic E-state index is 12.8. The van der Waals surface area contributed by atoms with Crippen molar-refractivity contribution in [1.29, 1.82) is 0 Å². The maximum Gasteiger partial charge on any atom is 0.259 e. The standard InChI is InChI=1S/C21H17N3O3/c1-12-7-8-18(25)15(9-12)19(26)13-10-17(24(2)11-13)20-22-16-6-4-3-5-14(16)21(27)23-20/h3-11,25H,1-2H3,(H,22,23,27). The number of H-pyrrole nitrogens is 1. The van der Waals surface area contributed by atoms with Crippen LogP contribution in [-0.4, -0.2) is 25.4 Å². The summed E-state index contributed by atoms with van der Waals surface area (Å²) in [6.45, 7) is 1.86. The van der Waals surface area contributed by atoms with Gasteiger partial charge < -0.3 is 14.7 Å². The second-order valence-corrected chi connectivity index (χ2v) is 6.51. The Morgan fingerprint density at radius 2 is 1.93 bits per heavy atom. The molecule has 0 fully saturated rings. The number of aromatic amines is 1. The highest BCUT2D eigenvalue weighted by molar-refractivity contribution is 6.11. The van der Waals surface area contributed by atoms with Crippen molar-refractivity contribution in [3.63, 3.8) is 0 Å². The number of aromatic nitrogens is 3. The number of fused-ring (bicyclic) bond motifs is 1. The summed E-state index contributed by atoms with van der Waals surface area (Å²) >= 11 is 0. The average Bonchev–Trinajstić information content (AvgIpc) is 3.05. The van der Waals surface area contributed by atoms with Gasteiger partial charge in [0.1, 0.15) is 5.75 Å². The number of benzene rings is 2. The Morgan fingerprint density at radius 1 is 1.15 bits per heavy atom. The largest absolute Gasteiger partial charge is 0.507 e. The highest BCUT2D eigenvalue weighted by atomic mass is 16.3. The Hall–Kier alpha value is -3.67. The third kappa shape index (κ3) is 2.91. The molecule has 6 heteroatoms. The van der Waals surface area contributed by atoms with Gasteiger partial charge in [0.15, 0.2) is 11.6 Å². The van der Waals surface area contributed by atoms with Crippen LogP contribution >= 0.6 is 0 Å². The van der Waals surface area contributed by atoms with E-state index in [4.69, 9.17) is 0 Å². The molecule has 0 atom stereocenters. The minimum absolute atomic E-state index is 0.0618. The van der Waals surface area contributed by atoms with Gasteiger partial charge in [0.25, 0.3) is 5.56 Å². The lowest BCUT2D eigenvalue weighted by molar-refractivity contribution is 0.103. The Balaban J connectivity index is 1.81. The van der Waals surface area contributed by atoms with Crippen molar-refractivity contribution >= 4 is 16.7 Å². The van der Waals surface area contributed by atoms with E-state index in [-0.39, 0.29) is 22.7 Å². The molecule has 2 aromatic carbocycles. The molecule has 0 saturated carbocycles. The summed E-state index contributed by atoms with van der Waals surface area (Å²) in [5.41, 5.74) is 2.49. The fourth-order valence-electron chi connectivity index (χ4n) is 3.12. The van der Waals surface area contributed by atoms with Crippen molar-refractivity contribution in [2.75, 3.05) is 0 Å². The van der Waals surface area contributed by atoms with Gasteiger partial charge in [-0.1, -0.05) is 23.8 Å². The number of phenols is 1. The summed E-state index contributed by atoms with van der Waals surface area (Å²) in [7, 11) is 1.78. The molecule has 0 spiro atoms. The molecule has 0 aliphatic rings. The van der Waals surface area contributed by atoms with Crippen molar-refractivity contribution in [3.05, 3.63) is 81.8 Å². The zero-order chi connectivity index (χ0) is 19.1. The van der Waals surface area contributed by atoms with Gasteiger partial charge >= 0.3 is 0 Å². The first-order chi connectivity index (χ1) is 12.9. The smallest absolute Gasteiger partial charge is 0.259 e. The Kier molecular flexibility index (Phi) is 3.88. The molecule has 134 valence electrons. The van der Waals surface area contributed by atoms with Gasteiger partial charge in [-0.25, -0.2) is 4.98 Å². The summed E-state index contributed by atoms with van der Waals surface area (Å²) in [4.78, 5) is 32.4. The monoisotopic (exact) mass is 359 g/mol. The van der Waals surface area contributed by atoms with Crippen LogP contribution in [0.4, 0.5) is 0 Å². The molecule has 0 radical (unpaired) electrons. The van der Waals surface area contributed by atoms with Crippen LogP contribution in [0.5, 0.6) is 5.75 Å². The minimum Gasteiger partial charge on any atom is -0.507 e. The van der Waals surface area contributed by atoms with Gasteiger partial charge in [0, 0.05) is 18.8 Å². The van der Waals surface area contributed by atoms with E-state index >= 15 is 0 Å². The molecule has 4 rings (SSSR count). The summed E-state index contributed by atoms with van der Waals surface area (Å²) in [6, 6.07) is 13.7. The first kappa shape index (κ1) is 16.8. The van der Waals surface area contributed by atoms with E-state index < -0.39 is 0 Å². The molecule has 27 heavy (non-hydrogen) atoms. The molecule has 2 heterocycles. The summed E-state index contributed by atoms with van der Waals surface area (Å²) in [5.74, 6) is 0.0307. The molecule has 0 unspecified atom stereocenters. The molecule has 2 aromatic heterocycles. The van der Waals surface area contributed by atoms with E-state index in [1.165, 1.54) is 6.07 Å². The van der Waals surface area contributed by atoms with Crippen molar-refractivity contribution < 1.29 is 9.90 Å². The van der Waals surface area contributed by atoms with E-state index in [2.05, 4.69) is 9.97 Å². The van der Waals surface area contributed by atoms with Crippen LogP contribution in [0.1, 0.15) is 21.5 Å². The number of nitrogens with one attached hydrogen (secondary N) is 1. The molecule has 2 N–H and O–H groups in total. The number of aromatic hydroxyl groups is 1. The van der Waals surface area contributed by atoms with Crippen LogP contribution < -0.4 is 5.56 Å².